The number of nitrogens with zero attached hydrogens (tertiary/aromatic N) is 1. The van der Waals surface area contributed by atoms with Crippen LogP contribution in [0.4, 0.5) is 0 Å². The van der Waals surface area contributed by atoms with Crippen LogP contribution in [0.3, 0.4) is 0 Å². The van der Waals surface area contributed by atoms with Crippen LogP contribution in [0.1, 0.15) is 18.9 Å². The van der Waals surface area contributed by atoms with Gasteiger partial charge in [0.2, 0.25) is 5.91 Å². The maximum atomic E-state index is 12.0. The predicted octanol–water partition coefficient (Wildman–Crippen LogP) is 3.15. The van der Waals surface area contributed by atoms with Gasteiger partial charge in [-0.2, -0.15) is 0 Å². The summed E-state index contributed by atoms with van der Waals surface area (Å²) in [5, 5.41) is 0. The molecule has 0 N–H and O–H groups in total. The zero-order valence-corrected chi connectivity index (χ0v) is 12.2. The third-order valence-electron chi connectivity index (χ3n) is 2.69. The molecule has 4 heteroatoms. The predicted molar refractivity (Wildman–Crippen MR) is 79.0 cm³/mol. The number of alkyl halides is 1. The molecule has 1 rings (SSSR count). The first-order chi connectivity index (χ1) is 9.24. The molecular formula is C15H20ClNO2. The summed E-state index contributed by atoms with van der Waals surface area (Å²) in [4.78, 5) is 13.7. The largest absolute Gasteiger partial charge is 0.383 e. The number of hydrogen-bond donors (Lipinski definition) is 0. The Hall–Kier alpha value is -1.32. The summed E-state index contributed by atoms with van der Waals surface area (Å²) in [6, 6.07) is 9.85. The minimum atomic E-state index is -0.109. The number of amides is 1. The van der Waals surface area contributed by atoms with Crippen LogP contribution in [0, 0.1) is 0 Å². The Kier molecular flexibility index (Phi) is 7.23. The zero-order chi connectivity index (χ0) is 14.1. The standard InChI is InChI=1S/C15H20ClNO2/c1-3-7-14(13-8-5-4-6-9-13)17(10-11-19-2)15(18)12-16/h4-9H,3,10-12H2,1-2H3/b14-7+. The van der Waals surface area contributed by atoms with E-state index in [0.29, 0.717) is 13.2 Å². The molecule has 1 amide bonds. The smallest absolute Gasteiger partial charge is 0.241 e. The van der Waals surface area contributed by atoms with Gasteiger partial charge < -0.3 is 9.64 Å². The number of carbonyl (C=O) groups is 1. The Morgan fingerprint density at radius 2 is 2.05 bits per heavy atom. The molecule has 3 nitrogen and oxygen atoms in total. The van der Waals surface area contributed by atoms with Crippen molar-refractivity contribution in [2.24, 2.45) is 0 Å². The van der Waals surface area contributed by atoms with E-state index >= 15 is 0 Å². The maximum absolute atomic E-state index is 12.0. The van der Waals surface area contributed by atoms with E-state index in [-0.39, 0.29) is 11.8 Å². The molecule has 0 aliphatic carbocycles. The Morgan fingerprint density at radius 1 is 1.37 bits per heavy atom. The van der Waals surface area contributed by atoms with Crippen LogP contribution in [-0.4, -0.2) is 36.9 Å². The van der Waals surface area contributed by atoms with Crippen LogP contribution in [0.2, 0.25) is 0 Å². The van der Waals surface area contributed by atoms with E-state index in [9.17, 15) is 4.79 Å². The van der Waals surface area contributed by atoms with Crippen molar-refractivity contribution in [1.82, 2.24) is 4.90 Å². The summed E-state index contributed by atoms with van der Waals surface area (Å²) in [7, 11) is 1.62. The molecular weight excluding hydrogens is 262 g/mol. The van der Waals surface area contributed by atoms with Crippen molar-refractivity contribution in [1.29, 1.82) is 0 Å². The molecule has 0 aliphatic rings. The van der Waals surface area contributed by atoms with Crippen LogP contribution >= 0.6 is 11.6 Å². The molecule has 0 aliphatic heterocycles. The van der Waals surface area contributed by atoms with Gasteiger partial charge in [-0.3, -0.25) is 4.79 Å². The fourth-order valence-electron chi connectivity index (χ4n) is 1.82. The lowest BCUT2D eigenvalue weighted by Gasteiger charge is -2.25. The maximum Gasteiger partial charge on any atom is 0.241 e. The van der Waals surface area contributed by atoms with Gasteiger partial charge in [0.15, 0.2) is 0 Å². The van der Waals surface area contributed by atoms with Gasteiger partial charge in [-0.25, -0.2) is 0 Å². The van der Waals surface area contributed by atoms with E-state index in [4.69, 9.17) is 16.3 Å². The van der Waals surface area contributed by atoms with Gasteiger partial charge in [-0.1, -0.05) is 43.3 Å². The SMILES string of the molecule is CC/C=C(\c1ccccc1)N(CCOC)C(=O)CCl. The topological polar surface area (TPSA) is 29.5 Å². The van der Waals surface area contributed by atoms with Crippen LogP contribution < -0.4 is 0 Å². The Morgan fingerprint density at radius 3 is 2.58 bits per heavy atom. The summed E-state index contributed by atoms with van der Waals surface area (Å²) in [5.74, 6) is -0.139. The third kappa shape index (κ3) is 4.69. The molecule has 0 spiro atoms. The van der Waals surface area contributed by atoms with Crippen molar-refractivity contribution in [3.05, 3.63) is 42.0 Å². The molecule has 0 heterocycles. The molecule has 0 aromatic heterocycles. The lowest BCUT2D eigenvalue weighted by Crippen LogP contribution is -2.33. The van der Waals surface area contributed by atoms with Gasteiger partial charge in [0.1, 0.15) is 5.88 Å². The van der Waals surface area contributed by atoms with E-state index in [0.717, 1.165) is 17.7 Å². The number of halogens is 1. The van der Waals surface area contributed by atoms with Crippen molar-refractivity contribution in [2.75, 3.05) is 26.1 Å². The average Bonchev–Trinajstić information content (AvgIpc) is 2.47. The van der Waals surface area contributed by atoms with Crippen LogP contribution in [0.5, 0.6) is 0 Å². The second-order valence-corrected chi connectivity index (χ2v) is 4.30. The van der Waals surface area contributed by atoms with Crippen molar-refractivity contribution in [2.45, 2.75) is 13.3 Å². The van der Waals surface area contributed by atoms with Gasteiger partial charge in [-0.15, -0.1) is 11.6 Å². The van der Waals surface area contributed by atoms with Crippen molar-refractivity contribution >= 4 is 23.2 Å². The van der Waals surface area contributed by atoms with Crippen molar-refractivity contribution < 1.29 is 9.53 Å². The molecule has 0 saturated carbocycles. The van der Waals surface area contributed by atoms with E-state index in [1.807, 2.05) is 43.3 Å². The van der Waals surface area contributed by atoms with Gasteiger partial charge in [0.25, 0.3) is 0 Å². The minimum absolute atomic E-state index is 0.0302. The second-order valence-electron chi connectivity index (χ2n) is 4.04. The van der Waals surface area contributed by atoms with Crippen molar-refractivity contribution in [3.8, 4) is 0 Å². The molecule has 0 saturated heterocycles. The highest BCUT2D eigenvalue weighted by atomic mass is 35.5. The van der Waals surface area contributed by atoms with Gasteiger partial charge >= 0.3 is 0 Å². The van der Waals surface area contributed by atoms with Crippen LogP contribution in [-0.2, 0) is 9.53 Å². The molecule has 19 heavy (non-hydrogen) atoms. The third-order valence-corrected chi connectivity index (χ3v) is 2.92. The average molecular weight is 282 g/mol. The summed E-state index contributed by atoms with van der Waals surface area (Å²) in [5.41, 5.74) is 1.91. The number of rotatable bonds is 7. The first kappa shape index (κ1) is 15.7. The fraction of sp³-hybridized carbons (Fsp3) is 0.400. The lowest BCUT2D eigenvalue weighted by molar-refractivity contribution is -0.125. The molecule has 0 unspecified atom stereocenters. The summed E-state index contributed by atoms with van der Waals surface area (Å²) in [6.07, 6.45) is 2.89. The van der Waals surface area contributed by atoms with E-state index in [2.05, 4.69) is 0 Å². The Labute approximate surface area is 119 Å². The Bertz CT molecular complexity index is 417. The number of carbonyl (C=O) groups excluding carboxylic acids is 1. The molecule has 104 valence electrons. The minimum Gasteiger partial charge on any atom is -0.383 e. The highest BCUT2D eigenvalue weighted by Crippen LogP contribution is 2.20. The van der Waals surface area contributed by atoms with Crippen LogP contribution in [0.25, 0.3) is 5.70 Å². The van der Waals surface area contributed by atoms with E-state index < -0.39 is 0 Å². The lowest BCUT2D eigenvalue weighted by atomic mass is 10.1. The fourth-order valence-corrected chi connectivity index (χ4v) is 1.96. The molecule has 0 radical (unpaired) electrons. The Balaban J connectivity index is 3.05. The number of benzene rings is 1. The molecule has 0 atom stereocenters. The van der Waals surface area contributed by atoms with Gasteiger partial charge in [0.05, 0.1) is 6.61 Å². The number of allylic oxidation sites excluding steroid dienone is 1. The molecule has 1 aromatic carbocycles. The van der Waals surface area contributed by atoms with Crippen molar-refractivity contribution in [3.63, 3.8) is 0 Å². The quantitative estimate of drug-likeness (QED) is 0.719. The molecule has 1 aromatic rings. The highest BCUT2D eigenvalue weighted by molar-refractivity contribution is 6.27. The molecule has 0 fully saturated rings. The number of methoxy groups -OCH3 is 1. The number of ether oxygens (including phenoxy) is 1. The number of hydrogen-bond acceptors (Lipinski definition) is 2. The molecule has 0 bridgehead atoms. The van der Waals surface area contributed by atoms with E-state index in [1.54, 1.807) is 12.0 Å². The first-order valence-electron chi connectivity index (χ1n) is 6.35. The zero-order valence-electron chi connectivity index (χ0n) is 11.4. The highest BCUT2D eigenvalue weighted by Gasteiger charge is 2.17. The van der Waals surface area contributed by atoms with Gasteiger partial charge in [0, 0.05) is 19.4 Å². The summed E-state index contributed by atoms with van der Waals surface area (Å²) in [6.45, 7) is 3.03. The normalized spacial score (nSPS) is 11.4. The summed E-state index contributed by atoms with van der Waals surface area (Å²) < 4.78 is 5.07. The van der Waals surface area contributed by atoms with Crippen LogP contribution in [0.15, 0.2) is 36.4 Å². The monoisotopic (exact) mass is 281 g/mol. The second kappa shape index (κ2) is 8.73. The van der Waals surface area contributed by atoms with E-state index in [1.165, 1.54) is 0 Å². The first-order valence-corrected chi connectivity index (χ1v) is 6.88. The summed E-state index contributed by atoms with van der Waals surface area (Å²) >= 11 is 5.70. The van der Waals surface area contributed by atoms with Gasteiger partial charge in [-0.05, 0) is 12.0 Å².